The highest BCUT2D eigenvalue weighted by Crippen LogP contribution is 2.31. The van der Waals surface area contributed by atoms with E-state index in [0.29, 0.717) is 35.1 Å². The fourth-order valence-corrected chi connectivity index (χ4v) is 6.72. The second kappa shape index (κ2) is 13.1. The van der Waals surface area contributed by atoms with Gasteiger partial charge in [0.25, 0.3) is 0 Å². The van der Waals surface area contributed by atoms with Gasteiger partial charge < -0.3 is 20.1 Å². The van der Waals surface area contributed by atoms with Gasteiger partial charge in [-0.2, -0.15) is 8.42 Å². The molecule has 9 nitrogen and oxygen atoms in total. The van der Waals surface area contributed by atoms with Crippen LogP contribution in [0, 0.1) is 5.92 Å². The molecule has 1 aromatic heterocycles. The first-order chi connectivity index (χ1) is 18.6. The molecule has 212 valence electrons. The van der Waals surface area contributed by atoms with E-state index in [9.17, 15) is 13.2 Å². The molecule has 1 saturated heterocycles. The highest BCUT2D eigenvalue weighted by atomic mass is 32.2. The molecule has 2 aromatic carbocycles. The number of carbonyl (C=O) groups excluding carboxylic acids is 1. The van der Waals surface area contributed by atoms with Gasteiger partial charge in [0.05, 0.1) is 10.2 Å². The molecule has 0 bridgehead atoms. The Kier molecular flexibility index (Phi) is 9.81. The molecular formula is C28H39N5O4S2. The van der Waals surface area contributed by atoms with E-state index < -0.39 is 10.1 Å². The lowest BCUT2D eigenvalue weighted by atomic mass is 9.94. The maximum atomic E-state index is 12.9. The van der Waals surface area contributed by atoms with Gasteiger partial charge in [-0.25, -0.2) is 4.98 Å². The summed E-state index contributed by atoms with van der Waals surface area (Å²) in [5.41, 5.74) is 1.52. The zero-order chi connectivity index (χ0) is 28.0. The predicted molar refractivity (Wildman–Crippen MR) is 158 cm³/mol. The van der Waals surface area contributed by atoms with Gasteiger partial charge in [-0.1, -0.05) is 11.3 Å². The monoisotopic (exact) mass is 573 g/mol. The molecule has 0 spiro atoms. The maximum Gasteiger partial charge on any atom is 0.339 e. The van der Waals surface area contributed by atoms with Crippen LogP contribution >= 0.6 is 11.3 Å². The van der Waals surface area contributed by atoms with Crippen molar-refractivity contribution in [3.8, 4) is 5.75 Å². The van der Waals surface area contributed by atoms with Crippen LogP contribution in [-0.2, 0) is 14.9 Å². The first kappa shape index (κ1) is 29.3. The molecule has 1 fully saturated rings. The van der Waals surface area contributed by atoms with Crippen molar-refractivity contribution in [3.05, 3.63) is 42.5 Å². The summed E-state index contributed by atoms with van der Waals surface area (Å²) in [7, 11) is -4.01. The average molecular weight is 574 g/mol. The number of anilines is 2. The number of fused-ring (bicyclic) bond motifs is 1. The number of benzene rings is 2. The number of amides is 1. The minimum absolute atomic E-state index is 0.0462. The van der Waals surface area contributed by atoms with Crippen molar-refractivity contribution in [2.75, 3.05) is 36.8 Å². The summed E-state index contributed by atoms with van der Waals surface area (Å²) in [6.07, 6.45) is 2.47. The molecule has 1 aliphatic rings. The van der Waals surface area contributed by atoms with Crippen LogP contribution in [-0.4, -0.2) is 62.5 Å². The van der Waals surface area contributed by atoms with Crippen molar-refractivity contribution < 1.29 is 17.4 Å². The maximum absolute atomic E-state index is 12.9. The predicted octanol–water partition coefficient (Wildman–Crippen LogP) is 4.92. The molecule has 39 heavy (non-hydrogen) atoms. The summed E-state index contributed by atoms with van der Waals surface area (Å²) >= 11 is 1.30. The van der Waals surface area contributed by atoms with Gasteiger partial charge in [0.2, 0.25) is 5.91 Å². The van der Waals surface area contributed by atoms with Gasteiger partial charge in [0.15, 0.2) is 5.13 Å². The first-order valence-corrected chi connectivity index (χ1v) is 15.8. The van der Waals surface area contributed by atoms with E-state index in [-0.39, 0.29) is 16.6 Å². The van der Waals surface area contributed by atoms with Crippen LogP contribution in [0.1, 0.15) is 47.0 Å². The van der Waals surface area contributed by atoms with Crippen LogP contribution in [0.25, 0.3) is 10.2 Å². The van der Waals surface area contributed by atoms with Crippen LogP contribution in [0.2, 0.25) is 0 Å². The van der Waals surface area contributed by atoms with Gasteiger partial charge in [-0.05, 0) is 95.9 Å². The molecule has 2 heterocycles. The Hall–Kier alpha value is -2.73. The lowest BCUT2D eigenvalue weighted by Gasteiger charge is -2.30. The Labute approximate surface area is 235 Å². The summed E-state index contributed by atoms with van der Waals surface area (Å²) in [6, 6.07) is 12.4. The topological polar surface area (TPSA) is 113 Å². The number of piperidine rings is 1. The fraction of sp³-hybridized carbons (Fsp3) is 0.500. The number of carbonyl (C=O) groups is 1. The van der Waals surface area contributed by atoms with Crippen molar-refractivity contribution >= 4 is 48.4 Å². The quantitative estimate of drug-likeness (QED) is 0.262. The molecule has 4 rings (SSSR count). The molecule has 0 atom stereocenters. The molecule has 11 heteroatoms. The number of aromatic nitrogens is 1. The van der Waals surface area contributed by atoms with Crippen LogP contribution in [0.3, 0.4) is 0 Å². The smallest absolute Gasteiger partial charge is 0.339 e. The summed E-state index contributed by atoms with van der Waals surface area (Å²) in [4.78, 5) is 19.4. The Morgan fingerprint density at radius 3 is 2.46 bits per heavy atom. The lowest BCUT2D eigenvalue weighted by molar-refractivity contribution is -0.117. The Balaban J connectivity index is 1.34. The van der Waals surface area contributed by atoms with Crippen molar-refractivity contribution in [1.29, 1.82) is 0 Å². The minimum atomic E-state index is -4.01. The second-order valence-electron chi connectivity index (χ2n) is 10.5. The molecular weight excluding hydrogens is 534 g/mol. The third-order valence-corrected chi connectivity index (χ3v) is 9.11. The van der Waals surface area contributed by atoms with E-state index in [4.69, 9.17) is 4.18 Å². The summed E-state index contributed by atoms with van der Waals surface area (Å²) in [5.74, 6) is 0.536. The normalized spacial score (nSPS) is 14.8. The standard InChI is InChI=1S/C28H39N5O4S2/c1-19(2)33(20(3)4)16-15-30-22-5-8-24(9-6-22)39(35,36)37-23-7-10-25-26(18-23)38-28(31-25)32-27(34)17-21-11-13-29-14-12-21/h5-10,18-21,29-30H,11-17H2,1-4H3,(H,31,32,34). The van der Waals surface area contributed by atoms with Crippen LogP contribution in [0.15, 0.2) is 47.4 Å². The SMILES string of the molecule is CC(C)N(CCNc1ccc(S(=O)(=O)Oc2ccc3nc(NC(=O)CC4CCNCC4)sc3c2)cc1)C(C)C. The van der Waals surface area contributed by atoms with Crippen molar-refractivity contribution in [1.82, 2.24) is 15.2 Å². The molecule has 0 unspecified atom stereocenters. The zero-order valence-corrected chi connectivity index (χ0v) is 24.7. The van der Waals surface area contributed by atoms with Crippen molar-refractivity contribution in [2.24, 2.45) is 5.92 Å². The van der Waals surface area contributed by atoms with Gasteiger partial charge in [0.1, 0.15) is 10.6 Å². The minimum Gasteiger partial charge on any atom is -0.384 e. The van der Waals surface area contributed by atoms with Crippen molar-refractivity contribution in [3.63, 3.8) is 0 Å². The van der Waals surface area contributed by atoms with Gasteiger partial charge in [0, 0.05) is 43.3 Å². The Morgan fingerprint density at radius 2 is 1.79 bits per heavy atom. The highest BCUT2D eigenvalue weighted by Gasteiger charge is 2.20. The highest BCUT2D eigenvalue weighted by molar-refractivity contribution is 7.87. The van der Waals surface area contributed by atoms with Gasteiger partial charge >= 0.3 is 10.1 Å². The average Bonchev–Trinajstić information content (AvgIpc) is 3.28. The van der Waals surface area contributed by atoms with E-state index >= 15 is 0 Å². The van der Waals surface area contributed by atoms with E-state index in [1.165, 1.54) is 11.3 Å². The molecule has 3 aromatic rings. The van der Waals surface area contributed by atoms with E-state index in [1.54, 1.807) is 42.5 Å². The Bertz CT molecular complexity index is 1340. The molecule has 1 aliphatic heterocycles. The first-order valence-electron chi connectivity index (χ1n) is 13.6. The third kappa shape index (κ3) is 8.14. The van der Waals surface area contributed by atoms with E-state index in [2.05, 4.69) is 53.5 Å². The van der Waals surface area contributed by atoms with Gasteiger partial charge in [-0.15, -0.1) is 0 Å². The number of rotatable bonds is 12. The summed E-state index contributed by atoms with van der Waals surface area (Å²) < 4.78 is 32.0. The zero-order valence-electron chi connectivity index (χ0n) is 23.1. The molecule has 0 aliphatic carbocycles. The number of nitrogens with zero attached hydrogens (tertiary/aromatic N) is 2. The van der Waals surface area contributed by atoms with Crippen LogP contribution in [0.5, 0.6) is 5.75 Å². The molecule has 3 N–H and O–H groups in total. The van der Waals surface area contributed by atoms with Crippen LogP contribution < -0.4 is 20.1 Å². The number of nitrogens with one attached hydrogen (secondary N) is 3. The number of hydrogen-bond acceptors (Lipinski definition) is 9. The van der Waals surface area contributed by atoms with Crippen LogP contribution in [0.4, 0.5) is 10.8 Å². The lowest BCUT2D eigenvalue weighted by Crippen LogP contribution is -2.40. The van der Waals surface area contributed by atoms with E-state index in [1.807, 2.05) is 0 Å². The summed E-state index contributed by atoms with van der Waals surface area (Å²) in [5, 5.41) is 10.0. The Morgan fingerprint density at radius 1 is 1.10 bits per heavy atom. The molecule has 0 saturated carbocycles. The second-order valence-corrected chi connectivity index (χ2v) is 13.1. The largest absolute Gasteiger partial charge is 0.384 e. The number of hydrogen-bond donors (Lipinski definition) is 3. The van der Waals surface area contributed by atoms with Gasteiger partial charge in [-0.3, -0.25) is 9.69 Å². The van der Waals surface area contributed by atoms with Crippen molar-refractivity contribution in [2.45, 2.75) is 63.9 Å². The third-order valence-electron chi connectivity index (χ3n) is 6.91. The fourth-order valence-electron chi connectivity index (χ4n) is 4.88. The number of thiazole rings is 1. The van der Waals surface area contributed by atoms with E-state index in [0.717, 1.165) is 49.4 Å². The summed E-state index contributed by atoms with van der Waals surface area (Å²) in [6.45, 7) is 12.3. The molecule has 0 radical (unpaired) electrons. The molecule has 1 amide bonds.